The van der Waals surface area contributed by atoms with Crippen LogP contribution in [0, 0.1) is 6.92 Å². The van der Waals surface area contributed by atoms with Crippen LogP contribution in [0.2, 0.25) is 0 Å². The van der Waals surface area contributed by atoms with Crippen LogP contribution in [0.15, 0.2) is 30.4 Å². The quantitative estimate of drug-likeness (QED) is 0.430. The molecule has 0 saturated carbocycles. The Labute approximate surface area is 193 Å². The van der Waals surface area contributed by atoms with Crippen molar-refractivity contribution in [3.63, 3.8) is 0 Å². The third kappa shape index (κ3) is 21.4. The molecule has 0 atom stereocenters. The van der Waals surface area contributed by atoms with Crippen molar-refractivity contribution in [2.75, 3.05) is 0 Å². The average Bonchev–Trinajstić information content (AvgIpc) is 2.79. The van der Waals surface area contributed by atoms with E-state index in [1.54, 1.807) is 0 Å². The Kier molecular flexibility index (Phi) is 33.3. The molecule has 0 radical (unpaired) electrons. The molecule has 0 aliphatic rings. The fourth-order valence-corrected chi connectivity index (χ4v) is 1.79. The lowest BCUT2D eigenvalue weighted by Gasteiger charge is -2.12. The smallest absolute Gasteiger partial charge is 0.0193 e. The second-order valence-electron chi connectivity index (χ2n) is 7.57. The van der Waals surface area contributed by atoms with Crippen molar-refractivity contribution in [2.24, 2.45) is 0 Å². The number of unbranched alkanes of at least 4 members (excludes halogenated alkanes) is 3. The van der Waals surface area contributed by atoms with Crippen molar-refractivity contribution in [1.29, 1.82) is 0 Å². The largest absolute Gasteiger partial charge is 0.0955 e. The van der Waals surface area contributed by atoms with E-state index in [1.165, 1.54) is 66.4 Å². The van der Waals surface area contributed by atoms with E-state index >= 15 is 0 Å². The molecule has 0 saturated heterocycles. The minimum atomic E-state index is 1.11. The Hall–Kier alpha value is -1.30. The van der Waals surface area contributed by atoms with E-state index < -0.39 is 0 Å². The molecule has 0 nitrogen and oxygen atoms in total. The van der Waals surface area contributed by atoms with Gasteiger partial charge in [0, 0.05) is 0 Å². The van der Waals surface area contributed by atoms with E-state index in [0.717, 1.165) is 12.0 Å². The molecule has 0 spiro atoms. The van der Waals surface area contributed by atoms with Crippen LogP contribution in [-0.2, 0) is 0 Å². The van der Waals surface area contributed by atoms with Crippen LogP contribution in [0.5, 0.6) is 0 Å². The summed E-state index contributed by atoms with van der Waals surface area (Å²) in [6.07, 6.45) is 9.03. The van der Waals surface area contributed by atoms with Gasteiger partial charge in [-0.3, -0.25) is 0 Å². The van der Waals surface area contributed by atoms with E-state index in [9.17, 15) is 0 Å². The van der Waals surface area contributed by atoms with Crippen LogP contribution in [0.3, 0.4) is 0 Å². The predicted molar refractivity (Wildman–Crippen MR) is 148 cm³/mol. The molecule has 1 aromatic rings. The van der Waals surface area contributed by atoms with Gasteiger partial charge in [-0.15, -0.1) is 0 Å². The Bertz CT molecular complexity index is 501. The highest BCUT2D eigenvalue weighted by atomic mass is 14.1. The fraction of sp³-hybridized carbons (Fsp3) is 0.667. The number of hydrogen-bond donors (Lipinski definition) is 0. The van der Waals surface area contributed by atoms with Crippen LogP contribution in [0.1, 0.15) is 145 Å². The lowest BCUT2D eigenvalue weighted by Crippen LogP contribution is -1.91. The SMILES string of the molecule is C=C(C)c1ccc(C)c(/C(C)=C(\C)CC)c1.CC.CCCC.CCCC.CCCC. The average molecular weight is 419 g/mol. The van der Waals surface area contributed by atoms with Gasteiger partial charge in [0.1, 0.15) is 0 Å². The van der Waals surface area contributed by atoms with Crippen molar-refractivity contribution in [3.8, 4) is 0 Å². The molecule has 0 unspecified atom stereocenters. The highest BCUT2D eigenvalue weighted by Crippen LogP contribution is 2.26. The second-order valence-corrected chi connectivity index (χ2v) is 7.57. The molecule has 0 N–H and O–H groups in total. The van der Waals surface area contributed by atoms with Gasteiger partial charge in [-0.05, 0) is 62.4 Å². The summed E-state index contributed by atoms with van der Waals surface area (Å²) in [6, 6.07) is 6.59. The van der Waals surface area contributed by atoms with Gasteiger partial charge in [0.2, 0.25) is 0 Å². The topological polar surface area (TPSA) is 0 Å². The summed E-state index contributed by atoms with van der Waals surface area (Å²) >= 11 is 0. The van der Waals surface area contributed by atoms with Crippen molar-refractivity contribution in [1.82, 2.24) is 0 Å². The van der Waals surface area contributed by atoms with Gasteiger partial charge in [0.15, 0.2) is 0 Å². The van der Waals surface area contributed by atoms with Crippen LogP contribution < -0.4 is 0 Å². The van der Waals surface area contributed by atoms with Gasteiger partial charge in [-0.2, -0.15) is 0 Å². The van der Waals surface area contributed by atoms with E-state index in [1.807, 2.05) is 13.8 Å². The molecule has 0 aliphatic carbocycles. The lowest BCUT2D eigenvalue weighted by atomic mass is 9.93. The summed E-state index contributed by atoms with van der Waals surface area (Å²) in [6.45, 7) is 31.9. The van der Waals surface area contributed by atoms with Gasteiger partial charge >= 0.3 is 0 Å². The normalized spacial score (nSPS) is 9.77. The molecule has 30 heavy (non-hydrogen) atoms. The van der Waals surface area contributed by atoms with E-state index in [0.29, 0.717) is 0 Å². The van der Waals surface area contributed by atoms with Gasteiger partial charge < -0.3 is 0 Å². The molecule has 178 valence electrons. The van der Waals surface area contributed by atoms with Gasteiger partial charge in [-0.1, -0.05) is 131 Å². The number of benzene rings is 1. The Balaban J connectivity index is -0.000000198. The summed E-state index contributed by atoms with van der Waals surface area (Å²) in [5.74, 6) is 0. The van der Waals surface area contributed by atoms with Crippen LogP contribution >= 0.6 is 0 Å². The first-order chi connectivity index (χ1) is 14.2. The van der Waals surface area contributed by atoms with Crippen molar-refractivity contribution in [2.45, 2.75) is 135 Å². The monoisotopic (exact) mass is 418 g/mol. The molecule has 1 aromatic carbocycles. The Morgan fingerprint density at radius 3 is 1.33 bits per heavy atom. The summed E-state index contributed by atoms with van der Waals surface area (Å²) in [4.78, 5) is 0. The minimum Gasteiger partial charge on any atom is -0.0955 e. The van der Waals surface area contributed by atoms with Crippen LogP contribution in [0.25, 0.3) is 11.1 Å². The fourth-order valence-electron chi connectivity index (χ4n) is 1.79. The van der Waals surface area contributed by atoms with Gasteiger partial charge in [0.05, 0.1) is 0 Å². The molecule has 0 heterocycles. The van der Waals surface area contributed by atoms with E-state index in [4.69, 9.17) is 0 Å². The highest BCUT2D eigenvalue weighted by Gasteiger charge is 2.05. The van der Waals surface area contributed by atoms with Crippen LogP contribution in [0.4, 0.5) is 0 Å². The maximum Gasteiger partial charge on any atom is -0.0193 e. The zero-order valence-corrected chi connectivity index (χ0v) is 23.4. The zero-order chi connectivity index (χ0) is 24.5. The highest BCUT2D eigenvalue weighted by molar-refractivity contribution is 5.73. The Morgan fingerprint density at radius 2 is 1.07 bits per heavy atom. The van der Waals surface area contributed by atoms with E-state index in [2.05, 4.69) is 101 Å². The van der Waals surface area contributed by atoms with E-state index in [-0.39, 0.29) is 0 Å². The number of aryl methyl sites for hydroxylation is 1. The maximum atomic E-state index is 4.00. The number of hydrogen-bond acceptors (Lipinski definition) is 0. The number of allylic oxidation sites excluding steroid dienone is 3. The standard InChI is InChI=1S/C16H22.3C4H10.C2H6/c1-7-12(4)14(6)16-10-15(11(2)3)9-8-13(16)5;3*1-3-4-2;1-2/h8-10H,2,7H2,1,3-6H3;3*3-4H2,1-2H3;1-2H3/b14-12+;;;;. The lowest BCUT2D eigenvalue weighted by molar-refractivity contribution is 0.886. The molecule has 0 aliphatic heterocycles. The molecular weight excluding hydrogens is 360 g/mol. The Morgan fingerprint density at radius 1 is 0.700 bits per heavy atom. The second kappa shape index (κ2) is 27.7. The number of rotatable bonds is 6. The van der Waals surface area contributed by atoms with Gasteiger partial charge in [-0.25, -0.2) is 0 Å². The van der Waals surface area contributed by atoms with Crippen molar-refractivity contribution >= 4 is 11.1 Å². The summed E-state index contributed by atoms with van der Waals surface area (Å²) in [5.41, 5.74) is 7.94. The third-order valence-corrected chi connectivity index (χ3v) is 4.80. The van der Waals surface area contributed by atoms with Crippen molar-refractivity contribution < 1.29 is 0 Å². The molecule has 0 aromatic heterocycles. The zero-order valence-electron chi connectivity index (χ0n) is 23.4. The third-order valence-electron chi connectivity index (χ3n) is 4.80. The molecule has 0 amide bonds. The van der Waals surface area contributed by atoms with Crippen LogP contribution in [-0.4, -0.2) is 0 Å². The first-order valence-electron chi connectivity index (χ1n) is 12.6. The molecular formula is C30H58. The molecule has 0 bridgehead atoms. The summed E-state index contributed by atoms with van der Waals surface area (Å²) in [7, 11) is 0. The molecule has 0 fully saturated rings. The molecule has 1 rings (SSSR count). The maximum absolute atomic E-state index is 4.00. The van der Waals surface area contributed by atoms with Crippen molar-refractivity contribution in [3.05, 3.63) is 47.0 Å². The predicted octanol–water partition coefficient (Wildman–Crippen LogP) is 11.7. The first kappa shape index (κ1) is 36.1. The first-order valence-corrected chi connectivity index (χ1v) is 12.6. The summed E-state index contributed by atoms with van der Waals surface area (Å²) < 4.78 is 0. The molecule has 0 heteroatoms. The summed E-state index contributed by atoms with van der Waals surface area (Å²) in [5, 5.41) is 0. The minimum absolute atomic E-state index is 1.11. The van der Waals surface area contributed by atoms with Gasteiger partial charge in [0.25, 0.3) is 0 Å².